The van der Waals surface area contributed by atoms with Gasteiger partial charge < -0.3 is 10.4 Å². The molecule has 0 aromatic rings. The van der Waals surface area contributed by atoms with Crippen LogP contribution in [-0.4, -0.2) is 46.7 Å². The summed E-state index contributed by atoms with van der Waals surface area (Å²) < 4.78 is 0. The maximum absolute atomic E-state index is 10.0. The van der Waals surface area contributed by atoms with E-state index in [4.69, 9.17) is 0 Å². The lowest BCUT2D eigenvalue weighted by molar-refractivity contribution is -0.0926. The summed E-state index contributed by atoms with van der Waals surface area (Å²) in [4.78, 5) is 0. The van der Waals surface area contributed by atoms with Crippen LogP contribution in [0.25, 0.3) is 0 Å². The van der Waals surface area contributed by atoms with Gasteiger partial charge in [0.05, 0.1) is 0 Å². The van der Waals surface area contributed by atoms with Crippen LogP contribution in [0.1, 0.15) is 310 Å². The molecule has 0 heterocycles. The standard InChI is InChI=1S/C28H59NO.C24H51NO/c1-3-5-7-9-11-13-15-17-19-21-23-25-27-29(30)28-26-24-22-20-18-16-14-12-10-8-6-4-2;1-3-5-7-9-11-13-15-17-19-21-23-25(26)24-22-20-18-16-14-12-10-8-6-4-2/h30H,3-28H2,1-2H3;26H,3-24H2,1-2H3. The van der Waals surface area contributed by atoms with E-state index >= 15 is 0 Å². The fraction of sp³-hybridized carbons (Fsp3) is 1.00. The van der Waals surface area contributed by atoms with Gasteiger partial charge in [0.2, 0.25) is 0 Å². The number of hydrogen-bond donors (Lipinski definition) is 2. The highest BCUT2D eigenvalue weighted by Crippen LogP contribution is 2.15. The Morgan fingerprint density at radius 3 is 0.411 bits per heavy atom. The van der Waals surface area contributed by atoms with E-state index in [-0.39, 0.29) is 0 Å². The van der Waals surface area contributed by atoms with Crippen LogP contribution in [-0.2, 0) is 0 Å². The van der Waals surface area contributed by atoms with Crippen molar-refractivity contribution in [2.24, 2.45) is 0 Å². The monoisotopic (exact) mass is 795 g/mol. The first-order valence-corrected chi connectivity index (χ1v) is 26.5. The zero-order chi connectivity index (χ0) is 41.1. The molecule has 0 radical (unpaired) electrons. The Bertz CT molecular complexity index is 594. The molecule has 4 heteroatoms. The summed E-state index contributed by atoms with van der Waals surface area (Å²) in [5.41, 5.74) is 0. The van der Waals surface area contributed by atoms with Gasteiger partial charge in [0, 0.05) is 26.2 Å². The van der Waals surface area contributed by atoms with E-state index in [0.29, 0.717) is 0 Å². The fourth-order valence-electron chi connectivity index (χ4n) is 8.06. The van der Waals surface area contributed by atoms with Gasteiger partial charge in [-0.2, -0.15) is 10.1 Å². The maximum Gasteiger partial charge on any atom is 0.0238 e. The molecule has 0 fully saturated rings. The Hall–Kier alpha value is -0.160. The predicted octanol–water partition coefficient (Wildman–Crippen LogP) is 18.6. The molecule has 0 aliphatic heterocycles. The molecule has 340 valence electrons. The van der Waals surface area contributed by atoms with E-state index in [1.54, 1.807) is 10.1 Å². The third kappa shape index (κ3) is 55.9. The maximum atomic E-state index is 10.0. The molecular formula is C52H110N2O2. The molecule has 0 aliphatic rings. The molecule has 4 nitrogen and oxygen atoms in total. The Morgan fingerprint density at radius 1 is 0.179 bits per heavy atom. The highest BCUT2D eigenvalue weighted by atomic mass is 16.5. The van der Waals surface area contributed by atoms with Crippen LogP contribution in [0.2, 0.25) is 0 Å². The van der Waals surface area contributed by atoms with Crippen LogP contribution in [0, 0.1) is 0 Å². The van der Waals surface area contributed by atoms with Crippen molar-refractivity contribution in [3.63, 3.8) is 0 Å². The summed E-state index contributed by atoms with van der Waals surface area (Å²) in [7, 11) is 0. The minimum absolute atomic E-state index is 0.869. The average Bonchev–Trinajstić information content (AvgIpc) is 3.20. The Kier molecular flexibility index (Phi) is 56.7. The van der Waals surface area contributed by atoms with Crippen LogP contribution < -0.4 is 0 Å². The quantitative estimate of drug-likeness (QED) is 0.0476. The topological polar surface area (TPSA) is 46.9 Å². The van der Waals surface area contributed by atoms with Crippen molar-refractivity contribution >= 4 is 0 Å². The van der Waals surface area contributed by atoms with Gasteiger partial charge in [0.25, 0.3) is 0 Å². The minimum Gasteiger partial charge on any atom is -0.314 e. The smallest absolute Gasteiger partial charge is 0.0238 e. The highest BCUT2D eigenvalue weighted by Gasteiger charge is 2.03. The first-order chi connectivity index (χ1) is 27.6. The third-order valence-corrected chi connectivity index (χ3v) is 12.1. The van der Waals surface area contributed by atoms with Crippen LogP contribution in [0.5, 0.6) is 0 Å². The van der Waals surface area contributed by atoms with Gasteiger partial charge in [-0.15, -0.1) is 0 Å². The molecule has 0 aromatic heterocycles. The number of unbranched alkanes of at least 4 members (excludes halogenated alkanes) is 40. The molecule has 0 amide bonds. The SMILES string of the molecule is CCCCCCCCCCCCCCN(O)CCCCCCCCCCCCCC.CCCCCCCCCCCCN(O)CCCCCCCCCCCC. The second-order valence-corrected chi connectivity index (χ2v) is 18.0. The van der Waals surface area contributed by atoms with Crippen LogP contribution in [0.3, 0.4) is 0 Å². The lowest BCUT2D eigenvalue weighted by atomic mass is 10.1. The molecule has 0 aromatic carbocycles. The lowest BCUT2D eigenvalue weighted by Gasteiger charge is -2.14. The Morgan fingerprint density at radius 2 is 0.286 bits per heavy atom. The fourth-order valence-corrected chi connectivity index (χ4v) is 8.06. The van der Waals surface area contributed by atoms with Crippen molar-refractivity contribution in [1.29, 1.82) is 0 Å². The summed E-state index contributed by atoms with van der Waals surface area (Å²) in [6.07, 6.45) is 60.3. The van der Waals surface area contributed by atoms with Gasteiger partial charge in [-0.25, -0.2) is 0 Å². The van der Waals surface area contributed by atoms with E-state index in [2.05, 4.69) is 27.7 Å². The first kappa shape index (κ1) is 57.9. The van der Waals surface area contributed by atoms with Gasteiger partial charge in [-0.1, -0.05) is 285 Å². The van der Waals surface area contributed by atoms with E-state index in [1.165, 1.54) is 257 Å². The van der Waals surface area contributed by atoms with Crippen LogP contribution in [0.4, 0.5) is 0 Å². The molecule has 0 rings (SSSR count). The summed E-state index contributed by atoms with van der Waals surface area (Å²) >= 11 is 0. The molecule has 56 heavy (non-hydrogen) atoms. The van der Waals surface area contributed by atoms with Crippen molar-refractivity contribution in [2.75, 3.05) is 26.2 Å². The number of rotatable bonds is 48. The van der Waals surface area contributed by atoms with Crippen LogP contribution in [0.15, 0.2) is 0 Å². The van der Waals surface area contributed by atoms with Gasteiger partial charge in [-0.05, 0) is 25.7 Å². The van der Waals surface area contributed by atoms with Gasteiger partial charge in [0.15, 0.2) is 0 Å². The molecule has 2 N–H and O–H groups in total. The lowest BCUT2D eigenvalue weighted by Crippen LogP contribution is -2.21. The molecule has 0 unspecified atom stereocenters. The zero-order valence-corrected chi connectivity index (χ0v) is 39.7. The molecule has 0 aliphatic carbocycles. The molecule has 0 atom stereocenters. The summed E-state index contributed by atoms with van der Waals surface area (Å²) in [6, 6.07) is 0. The second-order valence-electron chi connectivity index (χ2n) is 18.0. The summed E-state index contributed by atoms with van der Waals surface area (Å²) in [6.45, 7) is 12.6. The van der Waals surface area contributed by atoms with E-state index in [9.17, 15) is 10.4 Å². The second kappa shape index (κ2) is 54.8. The minimum atomic E-state index is 0.869. The molecule has 0 bridgehead atoms. The Balaban J connectivity index is 0. The van der Waals surface area contributed by atoms with E-state index < -0.39 is 0 Å². The van der Waals surface area contributed by atoms with E-state index in [0.717, 1.165) is 51.9 Å². The predicted molar refractivity (Wildman–Crippen MR) is 253 cm³/mol. The molecule has 0 spiro atoms. The number of hydrogen-bond acceptors (Lipinski definition) is 4. The van der Waals surface area contributed by atoms with Crippen molar-refractivity contribution in [3.05, 3.63) is 0 Å². The summed E-state index contributed by atoms with van der Waals surface area (Å²) in [5.74, 6) is 0. The number of hydroxylamine groups is 4. The molecule has 0 saturated heterocycles. The van der Waals surface area contributed by atoms with E-state index in [1.807, 2.05) is 0 Å². The van der Waals surface area contributed by atoms with Gasteiger partial charge >= 0.3 is 0 Å². The third-order valence-electron chi connectivity index (χ3n) is 12.1. The van der Waals surface area contributed by atoms with Crippen molar-refractivity contribution in [2.45, 2.75) is 310 Å². The highest BCUT2D eigenvalue weighted by molar-refractivity contribution is 4.55. The zero-order valence-electron chi connectivity index (χ0n) is 39.7. The van der Waals surface area contributed by atoms with Crippen molar-refractivity contribution < 1.29 is 10.4 Å². The number of nitrogens with zero attached hydrogens (tertiary/aromatic N) is 2. The first-order valence-electron chi connectivity index (χ1n) is 26.5. The summed E-state index contributed by atoms with van der Waals surface area (Å²) in [5, 5.41) is 23.1. The molecular weight excluding hydrogens is 685 g/mol. The van der Waals surface area contributed by atoms with Gasteiger partial charge in [0.1, 0.15) is 0 Å². The largest absolute Gasteiger partial charge is 0.314 e. The molecule has 0 saturated carbocycles. The normalized spacial score (nSPS) is 11.6. The van der Waals surface area contributed by atoms with Crippen molar-refractivity contribution in [1.82, 2.24) is 10.1 Å². The van der Waals surface area contributed by atoms with Gasteiger partial charge in [-0.3, -0.25) is 0 Å². The average molecular weight is 795 g/mol. The Labute approximate surface area is 355 Å². The van der Waals surface area contributed by atoms with Crippen molar-refractivity contribution in [3.8, 4) is 0 Å². The van der Waals surface area contributed by atoms with Crippen LogP contribution >= 0.6 is 0 Å².